The van der Waals surface area contributed by atoms with E-state index in [4.69, 9.17) is 4.74 Å². The Bertz CT molecular complexity index is 610. The summed E-state index contributed by atoms with van der Waals surface area (Å²) in [6, 6.07) is 4.89. The highest BCUT2D eigenvalue weighted by atomic mass is 79.9. The molecule has 5 nitrogen and oxygen atoms in total. The van der Waals surface area contributed by atoms with Gasteiger partial charge in [0.2, 0.25) is 5.88 Å². The summed E-state index contributed by atoms with van der Waals surface area (Å²) in [5.74, 6) is 0.731. The molecule has 0 atom stereocenters. The molecule has 0 amide bonds. The summed E-state index contributed by atoms with van der Waals surface area (Å²) < 4.78 is 5.67. The highest BCUT2D eigenvalue weighted by molar-refractivity contribution is 9.10. The molecule has 0 radical (unpaired) electrons. The van der Waals surface area contributed by atoms with Crippen LogP contribution in [0.5, 0.6) is 17.4 Å². The maximum absolute atomic E-state index is 11.3. The molecule has 0 aliphatic carbocycles. The van der Waals surface area contributed by atoms with Gasteiger partial charge in [-0.05, 0) is 35.0 Å². The van der Waals surface area contributed by atoms with E-state index in [0.29, 0.717) is 11.3 Å². The smallest absolute Gasteiger partial charge is 0.268 e. The van der Waals surface area contributed by atoms with Gasteiger partial charge in [-0.2, -0.15) is 0 Å². The first kappa shape index (κ1) is 11.7. The van der Waals surface area contributed by atoms with Crippen LogP contribution in [0.4, 0.5) is 0 Å². The third-order valence-electron chi connectivity index (χ3n) is 2.23. The Labute approximate surface area is 105 Å². The van der Waals surface area contributed by atoms with Gasteiger partial charge in [0, 0.05) is 5.56 Å². The number of nitrogens with one attached hydrogen (secondary N) is 1. The van der Waals surface area contributed by atoms with Crippen molar-refractivity contribution < 1.29 is 9.84 Å². The van der Waals surface area contributed by atoms with Gasteiger partial charge in [0.15, 0.2) is 0 Å². The van der Waals surface area contributed by atoms with Crippen LogP contribution in [0.2, 0.25) is 0 Å². The number of phenols is 1. The maximum atomic E-state index is 11.3. The van der Waals surface area contributed by atoms with E-state index in [0.717, 1.165) is 0 Å². The van der Waals surface area contributed by atoms with Crippen molar-refractivity contribution in [2.24, 2.45) is 0 Å². The predicted octanol–water partition coefficient (Wildman–Crippen LogP) is 2.34. The van der Waals surface area contributed by atoms with E-state index in [9.17, 15) is 9.90 Å². The topological polar surface area (TPSA) is 75.2 Å². The van der Waals surface area contributed by atoms with Crippen LogP contribution in [0.1, 0.15) is 5.56 Å². The number of nitrogens with zero attached hydrogens (tertiary/aromatic N) is 1. The number of aromatic amines is 1. The number of hydrogen-bond acceptors (Lipinski definition) is 4. The number of H-pyrrole nitrogens is 1. The second-order valence-electron chi connectivity index (χ2n) is 3.35. The fraction of sp³-hybridized carbons (Fsp3) is 0.0909. The number of benzene rings is 1. The predicted molar refractivity (Wildman–Crippen MR) is 65.5 cm³/mol. The molecule has 1 heterocycles. The van der Waals surface area contributed by atoms with E-state index < -0.39 is 0 Å². The molecule has 2 rings (SSSR count). The summed E-state index contributed by atoms with van der Waals surface area (Å²) >= 11 is 3.09. The Morgan fingerprint density at radius 1 is 1.47 bits per heavy atom. The quantitative estimate of drug-likeness (QED) is 0.892. The molecule has 0 bridgehead atoms. The van der Waals surface area contributed by atoms with E-state index in [-0.39, 0.29) is 21.7 Å². The lowest BCUT2D eigenvalue weighted by atomic mass is 10.2. The minimum atomic E-state index is -0.326. The van der Waals surface area contributed by atoms with E-state index in [1.165, 1.54) is 6.33 Å². The number of ether oxygens (including phenoxy) is 1. The van der Waals surface area contributed by atoms with Crippen molar-refractivity contribution in [1.82, 2.24) is 9.97 Å². The normalized spacial score (nSPS) is 10.2. The lowest BCUT2D eigenvalue weighted by Gasteiger charge is -2.09. The molecule has 17 heavy (non-hydrogen) atoms. The number of halogens is 1. The number of phenolic OH excluding ortho intramolecular Hbond substituents is 1. The zero-order valence-electron chi connectivity index (χ0n) is 8.90. The van der Waals surface area contributed by atoms with Gasteiger partial charge in [0.25, 0.3) is 5.56 Å². The van der Waals surface area contributed by atoms with Crippen LogP contribution in [0.15, 0.2) is 33.8 Å². The van der Waals surface area contributed by atoms with Crippen LogP contribution in [0, 0.1) is 6.92 Å². The molecule has 0 fully saturated rings. The molecule has 0 saturated heterocycles. The summed E-state index contributed by atoms with van der Waals surface area (Å²) in [7, 11) is 0. The molecule has 6 heteroatoms. The fourth-order valence-corrected chi connectivity index (χ4v) is 1.55. The lowest BCUT2D eigenvalue weighted by Crippen LogP contribution is -2.08. The number of rotatable bonds is 2. The monoisotopic (exact) mass is 296 g/mol. The standard InChI is InChI=1S/C11H9BrN2O3/c1-6-7(15)3-2-4-8(6)17-11-9(12)10(16)13-5-14-11/h2-5,15H,1H3,(H,13,14,16). The summed E-state index contributed by atoms with van der Waals surface area (Å²) in [6.07, 6.45) is 1.25. The Morgan fingerprint density at radius 3 is 3.00 bits per heavy atom. The fourth-order valence-electron chi connectivity index (χ4n) is 1.26. The first-order valence-electron chi connectivity index (χ1n) is 4.79. The molecule has 2 N–H and O–H groups in total. The van der Waals surface area contributed by atoms with Crippen molar-refractivity contribution in [2.45, 2.75) is 6.92 Å². The van der Waals surface area contributed by atoms with Crippen LogP contribution in [0.25, 0.3) is 0 Å². The zero-order chi connectivity index (χ0) is 12.4. The Morgan fingerprint density at radius 2 is 2.24 bits per heavy atom. The summed E-state index contributed by atoms with van der Waals surface area (Å²) in [5, 5.41) is 9.52. The van der Waals surface area contributed by atoms with E-state index in [1.54, 1.807) is 25.1 Å². The second kappa shape index (κ2) is 4.58. The number of hydrogen-bond donors (Lipinski definition) is 2. The van der Waals surface area contributed by atoms with Gasteiger partial charge in [-0.25, -0.2) is 4.98 Å². The molecular weight excluding hydrogens is 288 g/mol. The SMILES string of the molecule is Cc1c(O)cccc1Oc1nc[nH]c(=O)c1Br. The largest absolute Gasteiger partial charge is 0.508 e. The zero-order valence-corrected chi connectivity index (χ0v) is 10.5. The minimum Gasteiger partial charge on any atom is -0.508 e. The van der Waals surface area contributed by atoms with Crippen LogP contribution >= 0.6 is 15.9 Å². The molecule has 2 aromatic rings. The van der Waals surface area contributed by atoms with Crippen molar-refractivity contribution in [3.8, 4) is 17.4 Å². The molecule has 1 aromatic carbocycles. The molecule has 0 spiro atoms. The molecular formula is C11H9BrN2O3. The third kappa shape index (κ3) is 2.31. The van der Waals surface area contributed by atoms with Crippen molar-refractivity contribution in [3.05, 3.63) is 44.9 Å². The third-order valence-corrected chi connectivity index (χ3v) is 2.93. The van der Waals surface area contributed by atoms with Gasteiger partial charge in [-0.3, -0.25) is 4.79 Å². The van der Waals surface area contributed by atoms with E-state index in [1.807, 2.05) is 0 Å². The number of aromatic nitrogens is 2. The number of aromatic hydroxyl groups is 1. The van der Waals surface area contributed by atoms with Gasteiger partial charge < -0.3 is 14.8 Å². The van der Waals surface area contributed by atoms with E-state index in [2.05, 4.69) is 25.9 Å². The highest BCUT2D eigenvalue weighted by Crippen LogP contribution is 2.31. The van der Waals surface area contributed by atoms with Crippen molar-refractivity contribution in [2.75, 3.05) is 0 Å². The Hall–Kier alpha value is -1.82. The van der Waals surface area contributed by atoms with Crippen LogP contribution in [-0.2, 0) is 0 Å². The molecule has 0 aliphatic heterocycles. The second-order valence-corrected chi connectivity index (χ2v) is 4.15. The molecule has 1 aromatic heterocycles. The first-order valence-corrected chi connectivity index (χ1v) is 5.58. The maximum Gasteiger partial charge on any atom is 0.268 e. The average molecular weight is 297 g/mol. The molecule has 0 unspecified atom stereocenters. The Balaban J connectivity index is 2.42. The highest BCUT2D eigenvalue weighted by Gasteiger charge is 2.10. The minimum absolute atomic E-state index is 0.128. The van der Waals surface area contributed by atoms with Crippen LogP contribution in [-0.4, -0.2) is 15.1 Å². The van der Waals surface area contributed by atoms with Gasteiger partial charge in [0.1, 0.15) is 16.0 Å². The lowest BCUT2D eigenvalue weighted by molar-refractivity contribution is 0.435. The van der Waals surface area contributed by atoms with Gasteiger partial charge in [0.05, 0.1) is 6.33 Å². The van der Waals surface area contributed by atoms with Crippen LogP contribution in [0.3, 0.4) is 0 Å². The van der Waals surface area contributed by atoms with Gasteiger partial charge >= 0.3 is 0 Å². The van der Waals surface area contributed by atoms with Crippen molar-refractivity contribution in [1.29, 1.82) is 0 Å². The van der Waals surface area contributed by atoms with Gasteiger partial charge in [-0.15, -0.1) is 0 Å². The molecule has 88 valence electrons. The molecule has 0 aliphatic rings. The Kier molecular flexibility index (Phi) is 3.14. The van der Waals surface area contributed by atoms with Gasteiger partial charge in [-0.1, -0.05) is 6.07 Å². The average Bonchev–Trinajstić information content (AvgIpc) is 2.31. The van der Waals surface area contributed by atoms with Crippen molar-refractivity contribution >= 4 is 15.9 Å². The summed E-state index contributed by atoms with van der Waals surface area (Å²) in [5.41, 5.74) is 0.259. The molecule has 0 saturated carbocycles. The van der Waals surface area contributed by atoms with E-state index >= 15 is 0 Å². The summed E-state index contributed by atoms with van der Waals surface area (Å²) in [4.78, 5) is 17.6. The van der Waals surface area contributed by atoms with Crippen molar-refractivity contribution in [3.63, 3.8) is 0 Å². The van der Waals surface area contributed by atoms with Crippen LogP contribution < -0.4 is 10.3 Å². The summed E-state index contributed by atoms with van der Waals surface area (Å²) in [6.45, 7) is 1.71. The first-order chi connectivity index (χ1) is 8.09.